The number of alkyl halides is 3. The van der Waals surface area contributed by atoms with E-state index in [9.17, 15) is 18.0 Å². The Morgan fingerprint density at radius 1 is 1.17 bits per heavy atom. The standard InChI is InChI=1S/C32H34F3N5O/c1-5-7-9-22(6-2)28-13-14-36-31(38-28)39-29-19-27(12-11-21(29)3)37-30(41)25-16-24(17-26(18-25)32(33,34)35)23-10-8-15-40(4)20-23/h5-7,9,11-14,16-19,23H,2,8,10,15,20H2,1,3-4H3,(H,37,41)(H,36,38,39)/b7-5-,22-9+. The molecule has 6 nitrogen and oxygen atoms in total. The average Bonchev–Trinajstić information content (AvgIpc) is 2.95. The SMILES string of the molecule is C=C/C(=C\C=C/C)c1ccnc(Nc2cc(NC(=O)c3cc(C4CCCN(C)C4)cc(C(F)(F)F)c3)ccc2C)n1. The van der Waals surface area contributed by atoms with Gasteiger partial charge in [0.15, 0.2) is 0 Å². The van der Waals surface area contributed by atoms with Gasteiger partial charge in [-0.3, -0.25) is 4.79 Å². The number of halogens is 3. The molecule has 0 radical (unpaired) electrons. The number of allylic oxidation sites excluding steroid dienone is 5. The molecule has 1 aliphatic heterocycles. The van der Waals surface area contributed by atoms with Crippen molar-refractivity contribution in [2.75, 3.05) is 30.8 Å². The molecule has 1 atom stereocenters. The highest BCUT2D eigenvalue weighted by atomic mass is 19.4. The minimum absolute atomic E-state index is 0.0287. The molecule has 0 saturated carbocycles. The minimum Gasteiger partial charge on any atom is -0.324 e. The first-order chi connectivity index (χ1) is 19.6. The Kier molecular flexibility index (Phi) is 9.39. The number of anilines is 3. The summed E-state index contributed by atoms with van der Waals surface area (Å²) in [6.07, 6.45) is 6.15. The average molecular weight is 562 g/mol. The summed E-state index contributed by atoms with van der Waals surface area (Å²) in [6.45, 7) is 9.21. The molecule has 41 heavy (non-hydrogen) atoms. The Bertz CT molecular complexity index is 1480. The van der Waals surface area contributed by atoms with Crippen molar-refractivity contribution < 1.29 is 18.0 Å². The van der Waals surface area contributed by atoms with Crippen molar-refractivity contribution in [3.05, 3.63) is 107 Å². The predicted octanol–water partition coefficient (Wildman–Crippen LogP) is 7.75. The maximum Gasteiger partial charge on any atom is 0.416 e. The number of aryl methyl sites for hydroxylation is 1. The van der Waals surface area contributed by atoms with Gasteiger partial charge < -0.3 is 15.5 Å². The maximum absolute atomic E-state index is 13.8. The lowest BCUT2D eigenvalue weighted by Crippen LogP contribution is -2.31. The monoisotopic (exact) mass is 561 g/mol. The van der Waals surface area contributed by atoms with Crippen LogP contribution in [0.3, 0.4) is 0 Å². The van der Waals surface area contributed by atoms with Crippen LogP contribution in [0.1, 0.15) is 58.4 Å². The molecule has 1 unspecified atom stereocenters. The van der Waals surface area contributed by atoms with Crippen LogP contribution in [-0.4, -0.2) is 40.9 Å². The van der Waals surface area contributed by atoms with Gasteiger partial charge in [-0.15, -0.1) is 0 Å². The summed E-state index contributed by atoms with van der Waals surface area (Å²) in [7, 11) is 1.95. The quantitative estimate of drug-likeness (QED) is 0.275. The zero-order chi connectivity index (χ0) is 29.6. The van der Waals surface area contributed by atoms with Crippen molar-refractivity contribution in [1.82, 2.24) is 14.9 Å². The van der Waals surface area contributed by atoms with Gasteiger partial charge in [0.25, 0.3) is 5.91 Å². The third kappa shape index (κ3) is 7.70. The number of hydrogen-bond donors (Lipinski definition) is 2. The van der Waals surface area contributed by atoms with Crippen LogP contribution in [0.15, 0.2) is 79.5 Å². The molecule has 0 bridgehead atoms. The van der Waals surface area contributed by atoms with E-state index in [4.69, 9.17) is 0 Å². The van der Waals surface area contributed by atoms with E-state index in [1.54, 1.807) is 42.6 Å². The fourth-order valence-electron chi connectivity index (χ4n) is 4.82. The topological polar surface area (TPSA) is 70.2 Å². The molecule has 0 aliphatic carbocycles. The van der Waals surface area contributed by atoms with Gasteiger partial charge in [-0.25, -0.2) is 9.97 Å². The molecule has 2 aromatic carbocycles. The van der Waals surface area contributed by atoms with Gasteiger partial charge >= 0.3 is 6.18 Å². The molecule has 3 aromatic rings. The summed E-state index contributed by atoms with van der Waals surface area (Å²) >= 11 is 0. The number of carbonyl (C=O) groups is 1. The highest BCUT2D eigenvalue weighted by Gasteiger charge is 2.33. The Morgan fingerprint density at radius 3 is 2.68 bits per heavy atom. The third-order valence-corrected chi connectivity index (χ3v) is 7.02. The number of likely N-dealkylation sites (tertiary alicyclic amines) is 1. The molecule has 1 fully saturated rings. The zero-order valence-electron chi connectivity index (χ0n) is 23.4. The number of benzene rings is 2. The number of rotatable bonds is 8. The molecule has 1 amide bonds. The number of hydrogen-bond acceptors (Lipinski definition) is 5. The van der Waals surface area contributed by atoms with Gasteiger partial charge in [-0.1, -0.05) is 36.9 Å². The van der Waals surface area contributed by atoms with Crippen LogP contribution >= 0.6 is 0 Å². The van der Waals surface area contributed by atoms with Gasteiger partial charge in [0, 0.05) is 29.7 Å². The van der Waals surface area contributed by atoms with Gasteiger partial charge in [0.05, 0.1) is 11.3 Å². The van der Waals surface area contributed by atoms with Gasteiger partial charge in [-0.05, 0) is 99.3 Å². The lowest BCUT2D eigenvalue weighted by atomic mass is 9.88. The number of piperidine rings is 1. The van der Waals surface area contributed by atoms with Gasteiger partial charge in [0.2, 0.25) is 5.95 Å². The Labute approximate surface area is 238 Å². The third-order valence-electron chi connectivity index (χ3n) is 7.02. The fourth-order valence-corrected chi connectivity index (χ4v) is 4.82. The number of aromatic nitrogens is 2. The number of carbonyl (C=O) groups excluding carboxylic acids is 1. The van der Waals surface area contributed by atoms with Crippen LogP contribution in [0.4, 0.5) is 30.5 Å². The number of nitrogens with zero attached hydrogens (tertiary/aromatic N) is 3. The first-order valence-electron chi connectivity index (χ1n) is 13.5. The maximum atomic E-state index is 13.8. The largest absolute Gasteiger partial charge is 0.416 e. The van der Waals surface area contributed by atoms with E-state index in [0.717, 1.165) is 36.6 Å². The van der Waals surface area contributed by atoms with E-state index in [-0.39, 0.29) is 11.5 Å². The first-order valence-corrected chi connectivity index (χ1v) is 13.5. The smallest absolute Gasteiger partial charge is 0.324 e. The summed E-state index contributed by atoms with van der Waals surface area (Å²) in [5.41, 5.74) is 3.13. The van der Waals surface area contributed by atoms with Crippen molar-refractivity contribution in [3.63, 3.8) is 0 Å². The zero-order valence-corrected chi connectivity index (χ0v) is 23.4. The Morgan fingerprint density at radius 2 is 1.98 bits per heavy atom. The van der Waals surface area contributed by atoms with E-state index < -0.39 is 17.6 Å². The second kappa shape index (κ2) is 13.0. The summed E-state index contributed by atoms with van der Waals surface area (Å²) in [6, 6.07) is 10.7. The number of nitrogens with one attached hydrogen (secondary N) is 2. The van der Waals surface area contributed by atoms with Crippen molar-refractivity contribution in [1.29, 1.82) is 0 Å². The number of amides is 1. The van der Waals surface area contributed by atoms with Crippen LogP contribution in [0.5, 0.6) is 0 Å². The van der Waals surface area contributed by atoms with Crippen LogP contribution in [0.25, 0.3) is 5.57 Å². The van der Waals surface area contributed by atoms with Crippen LogP contribution in [0, 0.1) is 6.92 Å². The number of likely N-dealkylation sites (N-methyl/N-ethyl adjacent to an activating group) is 1. The predicted molar refractivity (Wildman–Crippen MR) is 158 cm³/mol. The minimum atomic E-state index is -4.56. The molecule has 214 valence electrons. The normalized spacial score (nSPS) is 16.5. The van der Waals surface area contributed by atoms with Gasteiger partial charge in [-0.2, -0.15) is 13.2 Å². The van der Waals surface area contributed by atoms with Crippen LogP contribution in [-0.2, 0) is 6.18 Å². The molecule has 4 rings (SSSR count). The lowest BCUT2D eigenvalue weighted by molar-refractivity contribution is -0.137. The van der Waals surface area contributed by atoms with Crippen molar-refractivity contribution in [3.8, 4) is 0 Å². The van der Waals surface area contributed by atoms with Crippen LogP contribution in [0.2, 0.25) is 0 Å². The molecule has 9 heteroatoms. The molecule has 0 spiro atoms. The van der Waals surface area contributed by atoms with E-state index in [1.165, 1.54) is 6.07 Å². The molecule has 2 heterocycles. The van der Waals surface area contributed by atoms with E-state index in [2.05, 4.69) is 32.1 Å². The molecule has 2 N–H and O–H groups in total. The fraction of sp³-hybridized carbons (Fsp3) is 0.281. The highest BCUT2D eigenvalue weighted by Crippen LogP contribution is 2.35. The summed E-state index contributed by atoms with van der Waals surface area (Å²) in [5.74, 6) is -0.329. The van der Waals surface area contributed by atoms with Crippen molar-refractivity contribution >= 4 is 28.8 Å². The van der Waals surface area contributed by atoms with E-state index >= 15 is 0 Å². The summed E-state index contributed by atoms with van der Waals surface area (Å²) < 4.78 is 41.3. The summed E-state index contributed by atoms with van der Waals surface area (Å²) in [4.78, 5) is 24.2. The second-order valence-electron chi connectivity index (χ2n) is 10.2. The second-order valence-corrected chi connectivity index (χ2v) is 10.2. The molecule has 1 aliphatic rings. The highest BCUT2D eigenvalue weighted by molar-refractivity contribution is 6.04. The van der Waals surface area contributed by atoms with Crippen molar-refractivity contribution in [2.24, 2.45) is 0 Å². The Balaban J connectivity index is 1.58. The van der Waals surface area contributed by atoms with E-state index in [1.807, 2.05) is 39.1 Å². The summed E-state index contributed by atoms with van der Waals surface area (Å²) in [5, 5.41) is 5.94. The first kappa shape index (κ1) is 29.7. The van der Waals surface area contributed by atoms with Crippen molar-refractivity contribution in [2.45, 2.75) is 38.8 Å². The molecular weight excluding hydrogens is 527 g/mol. The van der Waals surface area contributed by atoms with E-state index in [0.29, 0.717) is 35.1 Å². The molecule has 1 saturated heterocycles. The Hall–Kier alpha value is -4.24. The lowest BCUT2D eigenvalue weighted by Gasteiger charge is -2.30. The molecule has 1 aromatic heterocycles. The molecular formula is C32H34F3N5O. The van der Waals surface area contributed by atoms with Gasteiger partial charge in [0.1, 0.15) is 0 Å². The van der Waals surface area contributed by atoms with Crippen LogP contribution < -0.4 is 10.6 Å².